The van der Waals surface area contributed by atoms with E-state index in [1.807, 2.05) is 38.1 Å². The minimum absolute atomic E-state index is 0.0416. The maximum Gasteiger partial charge on any atom is 0.296 e. The largest absolute Gasteiger partial charge is 0.455 e. The Hall–Kier alpha value is -2.51. The highest BCUT2D eigenvalue weighted by Crippen LogP contribution is 2.39. The average molecular weight is 413 g/mol. The van der Waals surface area contributed by atoms with Crippen molar-refractivity contribution < 1.29 is 18.7 Å². The lowest BCUT2D eigenvalue weighted by molar-refractivity contribution is 0.0894. The number of rotatable bonds is 5. The zero-order chi connectivity index (χ0) is 20.8. The van der Waals surface area contributed by atoms with Gasteiger partial charge in [-0.1, -0.05) is 37.3 Å². The van der Waals surface area contributed by atoms with Gasteiger partial charge in [-0.3, -0.25) is 14.5 Å². The molecule has 0 spiro atoms. The van der Waals surface area contributed by atoms with E-state index in [2.05, 4.69) is 4.98 Å². The first-order valence-electron chi connectivity index (χ1n) is 9.62. The molecule has 2 aromatic heterocycles. The molecule has 1 aliphatic rings. The van der Waals surface area contributed by atoms with Crippen LogP contribution in [0.3, 0.4) is 0 Å². The standard InChI is InChI=1S/C22H24N2O4S/c1-13-18-15(25)11-22(2,3)12-16(18)28-19(13)20(26)24(9-10-27-4)21-23-14-7-5-6-8-17(14)29-21/h5-8H,9-12H2,1-4H3. The van der Waals surface area contributed by atoms with Gasteiger partial charge in [0.25, 0.3) is 5.91 Å². The molecule has 29 heavy (non-hydrogen) atoms. The Kier molecular flexibility index (Phi) is 5.04. The summed E-state index contributed by atoms with van der Waals surface area (Å²) in [4.78, 5) is 32.3. The summed E-state index contributed by atoms with van der Waals surface area (Å²) in [6, 6.07) is 7.77. The van der Waals surface area contributed by atoms with E-state index in [0.717, 1.165) is 10.2 Å². The number of furan rings is 1. The van der Waals surface area contributed by atoms with Crippen molar-refractivity contribution >= 4 is 38.4 Å². The molecule has 2 heterocycles. The number of hydrogen-bond acceptors (Lipinski definition) is 6. The zero-order valence-electron chi connectivity index (χ0n) is 17.1. The fraction of sp³-hybridized carbons (Fsp3) is 0.409. The number of amides is 1. The SMILES string of the molecule is COCCN(C(=O)c1oc2c(c1C)C(=O)CC(C)(C)C2)c1nc2ccccc2s1. The van der Waals surface area contributed by atoms with Crippen LogP contribution in [0.15, 0.2) is 28.7 Å². The fourth-order valence-corrected chi connectivity index (χ4v) is 4.84. The summed E-state index contributed by atoms with van der Waals surface area (Å²) in [6.07, 6.45) is 1.10. The number of benzene rings is 1. The van der Waals surface area contributed by atoms with Crippen LogP contribution in [0.4, 0.5) is 5.13 Å². The molecule has 0 fully saturated rings. The highest BCUT2D eigenvalue weighted by molar-refractivity contribution is 7.22. The molecule has 152 valence electrons. The molecule has 0 aliphatic heterocycles. The summed E-state index contributed by atoms with van der Waals surface area (Å²) in [6.45, 7) is 6.59. The normalized spacial score (nSPS) is 15.5. The maximum atomic E-state index is 13.5. The van der Waals surface area contributed by atoms with Gasteiger partial charge in [0.1, 0.15) is 5.76 Å². The van der Waals surface area contributed by atoms with Gasteiger partial charge in [-0.15, -0.1) is 0 Å². The topological polar surface area (TPSA) is 72.6 Å². The summed E-state index contributed by atoms with van der Waals surface area (Å²) in [5.41, 5.74) is 1.87. The van der Waals surface area contributed by atoms with Crippen LogP contribution >= 0.6 is 11.3 Å². The molecule has 0 unspecified atom stereocenters. The molecule has 6 nitrogen and oxygen atoms in total. The van der Waals surface area contributed by atoms with E-state index in [1.165, 1.54) is 11.3 Å². The third kappa shape index (κ3) is 3.60. The molecule has 1 amide bonds. The number of carbonyl (C=O) groups excluding carboxylic acids is 2. The summed E-state index contributed by atoms with van der Waals surface area (Å²) in [5.74, 6) is 0.582. The number of ketones is 1. The summed E-state index contributed by atoms with van der Waals surface area (Å²) in [5, 5.41) is 0.591. The van der Waals surface area contributed by atoms with Gasteiger partial charge in [-0.25, -0.2) is 4.98 Å². The number of thiazole rings is 1. The highest BCUT2D eigenvalue weighted by atomic mass is 32.1. The van der Waals surface area contributed by atoms with Crippen molar-refractivity contribution in [2.45, 2.75) is 33.6 Å². The molecule has 7 heteroatoms. The van der Waals surface area contributed by atoms with E-state index < -0.39 is 0 Å². The quantitative estimate of drug-likeness (QED) is 0.610. The minimum atomic E-state index is -0.293. The van der Waals surface area contributed by atoms with Crippen molar-refractivity contribution in [2.75, 3.05) is 25.2 Å². The Morgan fingerprint density at radius 3 is 2.79 bits per heavy atom. The number of fused-ring (bicyclic) bond motifs is 2. The van der Waals surface area contributed by atoms with Gasteiger partial charge in [0, 0.05) is 25.5 Å². The molecule has 3 aromatic rings. The van der Waals surface area contributed by atoms with Crippen molar-refractivity contribution in [2.24, 2.45) is 5.41 Å². The number of anilines is 1. The second-order valence-electron chi connectivity index (χ2n) is 8.21. The number of para-hydroxylation sites is 1. The van der Waals surface area contributed by atoms with Crippen LogP contribution in [0.5, 0.6) is 0 Å². The van der Waals surface area contributed by atoms with Gasteiger partial charge in [0.05, 0.1) is 28.9 Å². The number of hydrogen-bond donors (Lipinski definition) is 0. The number of Topliss-reactive ketones (excluding diaryl/α,β-unsaturated/α-hetero) is 1. The first-order valence-corrected chi connectivity index (χ1v) is 10.4. The molecule has 0 bridgehead atoms. The van der Waals surface area contributed by atoms with Crippen LogP contribution in [0.1, 0.15) is 52.5 Å². The molecule has 0 saturated carbocycles. The van der Waals surface area contributed by atoms with E-state index >= 15 is 0 Å². The van der Waals surface area contributed by atoms with Gasteiger partial charge >= 0.3 is 0 Å². The van der Waals surface area contributed by atoms with Gasteiger partial charge in [-0.05, 0) is 24.5 Å². The molecule has 4 rings (SSSR count). The second-order valence-corrected chi connectivity index (χ2v) is 9.22. The Morgan fingerprint density at radius 1 is 1.31 bits per heavy atom. The lowest BCUT2D eigenvalue weighted by Crippen LogP contribution is -2.34. The summed E-state index contributed by atoms with van der Waals surface area (Å²) < 4.78 is 12.2. The third-order valence-corrected chi connectivity index (χ3v) is 6.31. The Balaban J connectivity index is 1.75. The van der Waals surface area contributed by atoms with Crippen LogP contribution in [0.2, 0.25) is 0 Å². The molecule has 0 saturated heterocycles. The summed E-state index contributed by atoms with van der Waals surface area (Å²) >= 11 is 1.45. The third-order valence-electron chi connectivity index (χ3n) is 5.25. The van der Waals surface area contributed by atoms with E-state index in [-0.39, 0.29) is 22.9 Å². The summed E-state index contributed by atoms with van der Waals surface area (Å²) in [7, 11) is 1.60. The van der Waals surface area contributed by atoms with Crippen molar-refractivity contribution in [1.82, 2.24) is 4.98 Å². The molecule has 0 radical (unpaired) electrons. The number of aromatic nitrogens is 1. The van der Waals surface area contributed by atoms with E-state index in [4.69, 9.17) is 9.15 Å². The molecular weight excluding hydrogens is 388 g/mol. The van der Waals surface area contributed by atoms with Gasteiger partial charge in [-0.2, -0.15) is 0 Å². The van der Waals surface area contributed by atoms with Crippen LogP contribution in [-0.4, -0.2) is 36.9 Å². The number of methoxy groups -OCH3 is 1. The van der Waals surface area contributed by atoms with Crippen molar-refractivity contribution in [1.29, 1.82) is 0 Å². The van der Waals surface area contributed by atoms with Crippen LogP contribution in [0.25, 0.3) is 10.2 Å². The smallest absolute Gasteiger partial charge is 0.296 e. The Labute approximate surface area is 173 Å². The predicted octanol–water partition coefficient (Wildman–Crippen LogP) is 4.65. The number of ether oxygens (including phenoxy) is 1. The lowest BCUT2D eigenvalue weighted by atomic mass is 9.76. The van der Waals surface area contributed by atoms with Gasteiger partial charge in [0.2, 0.25) is 0 Å². The van der Waals surface area contributed by atoms with E-state index in [9.17, 15) is 9.59 Å². The minimum Gasteiger partial charge on any atom is -0.455 e. The monoisotopic (exact) mass is 412 g/mol. The molecule has 0 N–H and O–H groups in total. The van der Waals surface area contributed by atoms with Crippen molar-refractivity contribution in [3.05, 3.63) is 46.9 Å². The molecule has 0 atom stereocenters. The van der Waals surface area contributed by atoms with E-state index in [0.29, 0.717) is 48.0 Å². The van der Waals surface area contributed by atoms with Crippen molar-refractivity contribution in [3.8, 4) is 0 Å². The first kappa shape index (κ1) is 19.8. The zero-order valence-corrected chi connectivity index (χ0v) is 17.9. The molecular formula is C22H24N2O4S. The Morgan fingerprint density at radius 2 is 2.07 bits per heavy atom. The average Bonchev–Trinajstić information content (AvgIpc) is 3.22. The first-order chi connectivity index (χ1) is 13.8. The maximum absolute atomic E-state index is 13.5. The molecule has 1 aromatic carbocycles. The molecule has 1 aliphatic carbocycles. The second kappa shape index (κ2) is 7.39. The van der Waals surface area contributed by atoms with E-state index in [1.54, 1.807) is 18.9 Å². The Bertz CT molecular complexity index is 1060. The number of nitrogens with zero attached hydrogens (tertiary/aromatic N) is 2. The van der Waals surface area contributed by atoms with Crippen LogP contribution in [0, 0.1) is 12.3 Å². The van der Waals surface area contributed by atoms with Crippen LogP contribution < -0.4 is 4.90 Å². The van der Waals surface area contributed by atoms with Gasteiger partial charge < -0.3 is 9.15 Å². The van der Waals surface area contributed by atoms with Gasteiger partial charge in [0.15, 0.2) is 16.7 Å². The van der Waals surface area contributed by atoms with Crippen molar-refractivity contribution in [3.63, 3.8) is 0 Å². The lowest BCUT2D eigenvalue weighted by Gasteiger charge is -2.27. The highest BCUT2D eigenvalue weighted by Gasteiger charge is 2.38. The number of carbonyl (C=O) groups is 2. The predicted molar refractivity (Wildman–Crippen MR) is 113 cm³/mol. The fourth-order valence-electron chi connectivity index (χ4n) is 3.85. The van der Waals surface area contributed by atoms with Crippen LogP contribution in [-0.2, 0) is 11.2 Å².